The highest BCUT2D eigenvalue weighted by molar-refractivity contribution is 7.89. The fourth-order valence-corrected chi connectivity index (χ4v) is 2.73. The van der Waals surface area contributed by atoms with E-state index < -0.39 is 10.0 Å². The number of rotatable bonds is 5. The molecule has 0 radical (unpaired) electrons. The van der Waals surface area contributed by atoms with E-state index in [1.807, 2.05) is 0 Å². The maximum absolute atomic E-state index is 11.1. The van der Waals surface area contributed by atoms with E-state index in [1.165, 1.54) is 0 Å². The second-order valence-electron chi connectivity index (χ2n) is 3.35. The highest BCUT2D eigenvalue weighted by Gasteiger charge is 2.27. The van der Waals surface area contributed by atoms with Crippen molar-refractivity contribution in [1.82, 2.24) is 4.72 Å². The van der Waals surface area contributed by atoms with Crippen LogP contribution in [0.4, 0.5) is 0 Å². The summed E-state index contributed by atoms with van der Waals surface area (Å²) in [6.45, 7) is 0.427. The van der Waals surface area contributed by atoms with Gasteiger partial charge in [-0.2, -0.15) is 0 Å². The SMILES string of the molecule is O=S(=O)(CCCl)NCC1CC(O)C1. The standard InChI is InChI=1S/C7H14ClNO3S/c8-1-2-13(11,12)9-5-6-3-7(10)4-6/h6-7,9-10H,1-5H2. The van der Waals surface area contributed by atoms with Crippen molar-refractivity contribution in [3.63, 3.8) is 0 Å². The minimum Gasteiger partial charge on any atom is -0.393 e. The van der Waals surface area contributed by atoms with Crippen LogP contribution in [0.25, 0.3) is 0 Å². The fraction of sp³-hybridized carbons (Fsp3) is 1.00. The smallest absolute Gasteiger partial charge is 0.212 e. The Hall–Kier alpha value is 0.160. The summed E-state index contributed by atoms with van der Waals surface area (Å²) in [5.74, 6) is 0.368. The third-order valence-electron chi connectivity index (χ3n) is 2.15. The van der Waals surface area contributed by atoms with Crippen LogP contribution in [-0.4, -0.2) is 37.8 Å². The molecule has 0 spiro atoms. The summed E-state index contributed by atoms with van der Waals surface area (Å²) in [5.41, 5.74) is 0. The molecule has 1 rings (SSSR count). The van der Waals surface area contributed by atoms with E-state index in [9.17, 15) is 8.42 Å². The topological polar surface area (TPSA) is 66.4 Å². The Bertz CT molecular complexity index is 248. The van der Waals surface area contributed by atoms with Crippen LogP contribution in [0.5, 0.6) is 0 Å². The van der Waals surface area contributed by atoms with Crippen molar-refractivity contribution in [1.29, 1.82) is 0 Å². The van der Waals surface area contributed by atoms with Gasteiger partial charge in [-0.25, -0.2) is 13.1 Å². The van der Waals surface area contributed by atoms with E-state index in [0.29, 0.717) is 25.3 Å². The Balaban J connectivity index is 2.18. The second-order valence-corrected chi connectivity index (χ2v) is 5.65. The average molecular weight is 228 g/mol. The summed E-state index contributed by atoms with van der Waals surface area (Å²) in [6.07, 6.45) is 1.16. The number of halogens is 1. The van der Waals surface area contributed by atoms with Crippen LogP contribution in [0.15, 0.2) is 0 Å². The predicted molar refractivity (Wildman–Crippen MR) is 51.2 cm³/mol. The Morgan fingerprint density at radius 1 is 1.46 bits per heavy atom. The maximum atomic E-state index is 11.1. The van der Waals surface area contributed by atoms with Crippen molar-refractivity contribution in [2.75, 3.05) is 18.2 Å². The molecule has 0 heterocycles. The molecule has 0 bridgehead atoms. The largest absolute Gasteiger partial charge is 0.393 e. The maximum Gasteiger partial charge on any atom is 0.212 e. The van der Waals surface area contributed by atoms with Crippen molar-refractivity contribution >= 4 is 21.6 Å². The van der Waals surface area contributed by atoms with Crippen LogP contribution in [0.1, 0.15) is 12.8 Å². The molecule has 0 aromatic heterocycles. The van der Waals surface area contributed by atoms with E-state index in [2.05, 4.69) is 4.72 Å². The molecular formula is C7H14ClNO3S. The normalized spacial score (nSPS) is 28.5. The van der Waals surface area contributed by atoms with E-state index in [4.69, 9.17) is 16.7 Å². The number of aliphatic hydroxyl groups is 1. The Morgan fingerprint density at radius 2 is 2.08 bits per heavy atom. The van der Waals surface area contributed by atoms with Gasteiger partial charge in [-0.05, 0) is 18.8 Å². The van der Waals surface area contributed by atoms with Crippen molar-refractivity contribution in [3.05, 3.63) is 0 Å². The van der Waals surface area contributed by atoms with Crippen LogP contribution >= 0.6 is 11.6 Å². The van der Waals surface area contributed by atoms with Crippen LogP contribution in [0.2, 0.25) is 0 Å². The zero-order chi connectivity index (χ0) is 9.90. The lowest BCUT2D eigenvalue weighted by Gasteiger charge is -2.31. The molecule has 13 heavy (non-hydrogen) atoms. The number of alkyl halides is 1. The van der Waals surface area contributed by atoms with Gasteiger partial charge in [-0.3, -0.25) is 0 Å². The van der Waals surface area contributed by atoms with Gasteiger partial charge in [0, 0.05) is 12.4 Å². The monoisotopic (exact) mass is 227 g/mol. The molecule has 6 heteroatoms. The van der Waals surface area contributed by atoms with Gasteiger partial charge < -0.3 is 5.11 Å². The van der Waals surface area contributed by atoms with Gasteiger partial charge in [0.1, 0.15) is 0 Å². The van der Waals surface area contributed by atoms with Gasteiger partial charge in [0.2, 0.25) is 10.0 Å². The molecule has 1 aliphatic carbocycles. The van der Waals surface area contributed by atoms with Crippen LogP contribution in [-0.2, 0) is 10.0 Å². The van der Waals surface area contributed by atoms with Gasteiger partial charge in [-0.1, -0.05) is 0 Å². The Kier molecular flexibility index (Phi) is 3.97. The third kappa shape index (κ3) is 3.81. The minimum atomic E-state index is -3.18. The molecule has 0 amide bonds. The van der Waals surface area contributed by atoms with E-state index in [-0.39, 0.29) is 17.7 Å². The number of hydrogen-bond acceptors (Lipinski definition) is 3. The summed E-state index contributed by atoms with van der Waals surface area (Å²) in [7, 11) is -3.18. The average Bonchev–Trinajstić information content (AvgIpc) is 1.96. The quantitative estimate of drug-likeness (QED) is 0.646. The molecule has 0 unspecified atom stereocenters. The zero-order valence-electron chi connectivity index (χ0n) is 7.24. The number of sulfonamides is 1. The molecule has 1 fully saturated rings. The highest BCUT2D eigenvalue weighted by atomic mass is 35.5. The molecule has 0 aliphatic heterocycles. The van der Waals surface area contributed by atoms with Crippen molar-refractivity contribution in [2.45, 2.75) is 18.9 Å². The number of aliphatic hydroxyl groups excluding tert-OH is 1. The van der Waals surface area contributed by atoms with Crippen LogP contribution in [0, 0.1) is 5.92 Å². The summed E-state index contributed by atoms with van der Waals surface area (Å²) < 4.78 is 24.7. The predicted octanol–water partition coefficient (Wildman–Crippen LogP) is -0.0845. The van der Waals surface area contributed by atoms with Crippen LogP contribution < -0.4 is 4.72 Å². The molecule has 4 nitrogen and oxygen atoms in total. The third-order valence-corrected chi connectivity index (χ3v) is 3.91. The number of nitrogens with one attached hydrogen (secondary N) is 1. The summed E-state index contributed by atoms with van der Waals surface area (Å²) in [5, 5.41) is 8.95. The lowest BCUT2D eigenvalue weighted by Crippen LogP contribution is -2.39. The molecule has 0 saturated heterocycles. The van der Waals surface area contributed by atoms with Gasteiger partial charge in [-0.15, -0.1) is 11.6 Å². The Labute approximate surface area is 83.3 Å². The van der Waals surface area contributed by atoms with Gasteiger partial charge in [0.15, 0.2) is 0 Å². The van der Waals surface area contributed by atoms with Gasteiger partial charge in [0.05, 0.1) is 11.9 Å². The van der Waals surface area contributed by atoms with Gasteiger partial charge in [0.25, 0.3) is 0 Å². The first kappa shape index (κ1) is 11.2. The first-order valence-corrected chi connectivity index (χ1v) is 6.43. The second kappa shape index (κ2) is 4.59. The fourth-order valence-electron chi connectivity index (χ4n) is 1.29. The minimum absolute atomic E-state index is 0.0379. The molecule has 1 aliphatic rings. The van der Waals surface area contributed by atoms with Crippen molar-refractivity contribution in [2.24, 2.45) is 5.92 Å². The molecule has 0 atom stereocenters. The molecule has 0 aromatic rings. The highest BCUT2D eigenvalue weighted by Crippen LogP contribution is 2.26. The summed E-state index contributed by atoms with van der Waals surface area (Å²) in [6, 6.07) is 0. The molecule has 78 valence electrons. The van der Waals surface area contributed by atoms with Crippen molar-refractivity contribution in [3.8, 4) is 0 Å². The number of hydrogen-bond donors (Lipinski definition) is 2. The summed E-state index contributed by atoms with van der Waals surface area (Å²) >= 11 is 5.31. The molecular weight excluding hydrogens is 214 g/mol. The molecule has 1 saturated carbocycles. The zero-order valence-corrected chi connectivity index (χ0v) is 8.81. The molecule has 0 aromatic carbocycles. The lowest BCUT2D eigenvalue weighted by atomic mass is 9.83. The first-order chi connectivity index (χ1) is 6.03. The van der Waals surface area contributed by atoms with E-state index in [0.717, 1.165) is 0 Å². The first-order valence-electron chi connectivity index (χ1n) is 4.25. The van der Waals surface area contributed by atoms with Crippen LogP contribution in [0.3, 0.4) is 0 Å². The van der Waals surface area contributed by atoms with E-state index >= 15 is 0 Å². The Morgan fingerprint density at radius 3 is 2.54 bits per heavy atom. The van der Waals surface area contributed by atoms with Gasteiger partial charge >= 0.3 is 0 Å². The summed E-state index contributed by atoms with van der Waals surface area (Å²) in [4.78, 5) is 0. The lowest BCUT2D eigenvalue weighted by molar-refractivity contribution is 0.0453. The van der Waals surface area contributed by atoms with Crippen molar-refractivity contribution < 1.29 is 13.5 Å². The molecule has 2 N–H and O–H groups in total. The van der Waals surface area contributed by atoms with E-state index in [1.54, 1.807) is 0 Å².